The molecular weight excluding hydrogens is 557 g/mol. The Hall–Kier alpha value is -2.05. The van der Waals surface area contributed by atoms with E-state index in [1.807, 2.05) is 17.5 Å². The molecule has 34 heavy (non-hydrogen) atoms. The standard InChI is InChI=1S/C25H29IN7S/c1-31-9-11-33(12-10-31)20-4-2-3-19(13-20)29-25-27-15-18-5-6-23-22(24(18)30-25)14-21(34-23)16-32-8-7-28-26-17-32/h2-6,13-15,28H,7-12,16-17H2,1H3,(H,27,29,30)/q-1. The molecule has 7 nitrogen and oxygen atoms in total. The van der Waals surface area contributed by atoms with Crippen LogP contribution in [0, 0.1) is 0 Å². The van der Waals surface area contributed by atoms with Crippen molar-refractivity contribution in [1.29, 1.82) is 0 Å². The van der Waals surface area contributed by atoms with E-state index in [1.54, 1.807) is 0 Å². The van der Waals surface area contributed by atoms with Crippen molar-refractivity contribution in [2.75, 3.05) is 61.1 Å². The van der Waals surface area contributed by atoms with Crippen LogP contribution in [0.3, 0.4) is 0 Å². The van der Waals surface area contributed by atoms with Gasteiger partial charge in [-0.1, -0.05) is 6.07 Å². The first-order chi connectivity index (χ1) is 16.7. The molecule has 0 amide bonds. The first-order valence-corrected chi connectivity index (χ1v) is 15.2. The molecule has 2 fully saturated rings. The third kappa shape index (κ3) is 4.85. The summed E-state index contributed by atoms with van der Waals surface area (Å²) in [5.41, 5.74) is 3.30. The average Bonchev–Trinajstić information content (AvgIpc) is 3.28. The van der Waals surface area contributed by atoms with Crippen LogP contribution in [0.2, 0.25) is 0 Å². The number of likely N-dealkylation sites (N-methyl/N-ethyl adjacent to an activating group) is 1. The Balaban J connectivity index is 1.25. The van der Waals surface area contributed by atoms with Gasteiger partial charge in [0.1, 0.15) is 0 Å². The third-order valence-corrected chi connectivity index (χ3v) is 9.96. The van der Waals surface area contributed by atoms with Crippen LogP contribution in [0.4, 0.5) is 17.3 Å². The van der Waals surface area contributed by atoms with Crippen LogP contribution < -0.4 is 35.2 Å². The molecule has 2 aromatic carbocycles. The van der Waals surface area contributed by atoms with Gasteiger partial charge in [0.05, 0.1) is 0 Å². The molecule has 6 rings (SSSR count). The summed E-state index contributed by atoms with van der Waals surface area (Å²) in [5, 5.41) is 5.77. The monoisotopic (exact) mass is 586 g/mol. The van der Waals surface area contributed by atoms with E-state index in [2.05, 4.69) is 78.0 Å². The number of rotatable bonds is 5. The van der Waals surface area contributed by atoms with Gasteiger partial charge in [-0.25, -0.2) is 0 Å². The van der Waals surface area contributed by atoms with E-state index in [9.17, 15) is 0 Å². The minimum atomic E-state index is 0.131. The maximum atomic E-state index is 4.96. The number of thiophene rings is 1. The molecule has 0 spiro atoms. The number of nitrogens with one attached hydrogen (secondary N) is 2. The Morgan fingerprint density at radius 2 is 2.00 bits per heavy atom. The fraction of sp³-hybridized carbons (Fsp3) is 0.360. The first-order valence-electron chi connectivity index (χ1n) is 11.7. The number of nitrogens with zero attached hydrogens (tertiary/aromatic N) is 5. The third-order valence-electron chi connectivity index (χ3n) is 6.49. The molecule has 0 radical (unpaired) electrons. The minimum absolute atomic E-state index is 0.131. The molecule has 2 aliphatic rings. The minimum Gasteiger partial charge on any atom is 0.0155 e. The molecule has 178 valence electrons. The van der Waals surface area contributed by atoms with Crippen LogP contribution in [0.15, 0.2) is 48.7 Å². The number of hydrogen-bond donors (Lipinski definition) is 2. The summed E-state index contributed by atoms with van der Waals surface area (Å²) in [6.45, 7) is 7.61. The Morgan fingerprint density at radius 1 is 1.09 bits per heavy atom. The van der Waals surface area contributed by atoms with E-state index >= 15 is 0 Å². The number of halogens is 1. The van der Waals surface area contributed by atoms with Gasteiger partial charge in [0.2, 0.25) is 0 Å². The van der Waals surface area contributed by atoms with Crippen molar-refractivity contribution in [3.8, 4) is 0 Å². The summed E-state index contributed by atoms with van der Waals surface area (Å²) in [6, 6.07) is 15.3. The van der Waals surface area contributed by atoms with Crippen molar-refractivity contribution in [2.24, 2.45) is 0 Å². The van der Waals surface area contributed by atoms with Crippen molar-refractivity contribution in [2.45, 2.75) is 6.54 Å². The Bertz CT molecular complexity index is 1300. The van der Waals surface area contributed by atoms with Gasteiger partial charge in [0, 0.05) is 31.9 Å². The number of fused-ring (bicyclic) bond motifs is 3. The second-order valence-corrected chi connectivity index (χ2v) is 12.4. The van der Waals surface area contributed by atoms with Gasteiger partial charge in [-0.15, -0.1) is 0 Å². The number of anilines is 3. The summed E-state index contributed by atoms with van der Waals surface area (Å²) in [4.78, 5) is 18.4. The number of benzene rings is 2. The van der Waals surface area contributed by atoms with Crippen LogP contribution in [0.25, 0.3) is 21.0 Å². The van der Waals surface area contributed by atoms with E-state index in [0.717, 1.165) is 62.4 Å². The molecule has 9 heteroatoms. The second kappa shape index (κ2) is 9.90. The van der Waals surface area contributed by atoms with Crippen LogP contribution in [-0.4, -0.2) is 70.6 Å². The fourth-order valence-electron chi connectivity index (χ4n) is 4.57. The quantitative estimate of drug-likeness (QED) is 0.155. The topological polar surface area (TPSA) is 59.6 Å². The number of hydrogen-bond acceptors (Lipinski definition) is 8. The summed E-state index contributed by atoms with van der Waals surface area (Å²) < 4.78 is 6.06. The predicted octanol–water partition coefficient (Wildman–Crippen LogP) is 0.707. The molecule has 2 aliphatic heterocycles. The van der Waals surface area contributed by atoms with Gasteiger partial charge in [-0.3, -0.25) is 0 Å². The van der Waals surface area contributed by atoms with Gasteiger partial charge < -0.3 is 9.80 Å². The van der Waals surface area contributed by atoms with E-state index in [-0.39, 0.29) is 21.5 Å². The van der Waals surface area contributed by atoms with E-state index in [0.29, 0.717) is 5.95 Å². The fourth-order valence-corrected chi connectivity index (χ4v) is 7.61. The molecule has 0 aliphatic carbocycles. The van der Waals surface area contributed by atoms with Crippen molar-refractivity contribution < 1.29 is 21.5 Å². The zero-order valence-corrected chi connectivity index (χ0v) is 22.3. The Labute approximate surface area is 214 Å². The SMILES string of the molecule is CN1CCN(c2cccc(Nc3ncc4ccc5sc(CN6CCN[I-]C6)cc5c4n3)c2)CC1. The smallest absolute Gasteiger partial charge is 0.0155 e. The molecule has 0 bridgehead atoms. The van der Waals surface area contributed by atoms with E-state index in [4.69, 9.17) is 4.98 Å². The molecule has 0 atom stereocenters. The van der Waals surface area contributed by atoms with Crippen molar-refractivity contribution in [3.63, 3.8) is 0 Å². The molecule has 2 N–H and O–H groups in total. The Morgan fingerprint density at radius 3 is 2.85 bits per heavy atom. The molecule has 4 aromatic rings. The van der Waals surface area contributed by atoms with Gasteiger partial charge in [0.15, 0.2) is 0 Å². The number of piperazine rings is 1. The molecule has 0 unspecified atom stereocenters. The van der Waals surface area contributed by atoms with Crippen LogP contribution >= 0.6 is 11.3 Å². The van der Waals surface area contributed by atoms with Crippen molar-refractivity contribution >= 4 is 49.6 Å². The van der Waals surface area contributed by atoms with Gasteiger partial charge in [0.25, 0.3) is 0 Å². The van der Waals surface area contributed by atoms with Gasteiger partial charge in [-0.05, 0) is 13.1 Å². The van der Waals surface area contributed by atoms with Gasteiger partial charge in [-0.2, -0.15) is 0 Å². The normalized spacial score (nSPS) is 18.3. The maximum absolute atomic E-state index is 4.96. The predicted molar refractivity (Wildman–Crippen MR) is 138 cm³/mol. The van der Waals surface area contributed by atoms with Gasteiger partial charge >= 0.3 is 155 Å². The molecule has 4 heterocycles. The zero-order valence-electron chi connectivity index (χ0n) is 19.3. The van der Waals surface area contributed by atoms with Crippen LogP contribution in [0.5, 0.6) is 0 Å². The summed E-state index contributed by atoms with van der Waals surface area (Å²) in [7, 11) is 2.19. The molecule has 0 saturated carbocycles. The Kier molecular flexibility index (Phi) is 6.53. The molecule has 2 aromatic heterocycles. The molecule has 2 saturated heterocycles. The summed E-state index contributed by atoms with van der Waals surface area (Å²) in [5.74, 6) is 0.648. The number of aromatic nitrogens is 2. The van der Waals surface area contributed by atoms with Crippen molar-refractivity contribution in [3.05, 3.63) is 53.5 Å². The molecular formula is C25H29IN7S-. The summed E-state index contributed by atoms with van der Waals surface area (Å²) >= 11 is 2.02. The van der Waals surface area contributed by atoms with E-state index < -0.39 is 0 Å². The van der Waals surface area contributed by atoms with Crippen molar-refractivity contribution in [1.82, 2.24) is 23.3 Å². The second-order valence-electron chi connectivity index (χ2n) is 8.98. The first kappa shape index (κ1) is 22.4. The summed E-state index contributed by atoms with van der Waals surface area (Å²) in [6.07, 6.45) is 1.94. The van der Waals surface area contributed by atoms with E-state index in [1.165, 1.54) is 25.2 Å². The van der Waals surface area contributed by atoms with Crippen LogP contribution in [0.1, 0.15) is 4.88 Å². The number of alkyl halides is 1. The average molecular weight is 587 g/mol. The van der Waals surface area contributed by atoms with Crippen LogP contribution in [-0.2, 0) is 6.54 Å². The zero-order chi connectivity index (χ0) is 22.9.